The van der Waals surface area contributed by atoms with Crippen LogP contribution in [0.5, 0.6) is 0 Å². The number of rotatable bonds is 27. The zero-order valence-corrected chi connectivity index (χ0v) is 26.3. The van der Waals surface area contributed by atoms with Crippen molar-refractivity contribution in [1.29, 1.82) is 0 Å². The van der Waals surface area contributed by atoms with Crippen LogP contribution in [-0.2, 0) is 0 Å². The van der Waals surface area contributed by atoms with E-state index in [0.717, 1.165) is 19.3 Å². The van der Waals surface area contributed by atoms with Gasteiger partial charge in [0, 0.05) is 0 Å². The van der Waals surface area contributed by atoms with Crippen molar-refractivity contribution in [3.63, 3.8) is 0 Å². The quantitative estimate of drug-likeness (QED) is 0.0755. The lowest BCUT2D eigenvalue weighted by atomic mass is 10.0. The zero-order valence-electron chi connectivity index (χ0n) is 26.3. The number of hydrogen-bond donors (Lipinski definition) is 0. The van der Waals surface area contributed by atoms with Crippen molar-refractivity contribution in [3.05, 3.63) is 48.6 Å². The first-order valence-corrected chi connectivity index (χ1v) is 16.9. The zero-order chi connectivity index (χ0) is 27.3. The first-order chi connectivity index (χ1) is 18.3. The predicted octanol–water partition coefficient (Wildman–Crippen LogP) is 14.0. The highest BCUT2D eigenvalue weighted by Crippen LogP contribution is 2.13. The number of allylic oxidation sites excluding steroid dienone is 8. The third-order valence-corrected chi connectivity index (χ3v) is 6.87. The summed E-state index contributed by atoms with van der Waals surface area (Å²) in [5, 5.41) is 0. The Balaban J connectivity index is 0. The van der Waals surface area contributed by atoms with Crippen molar-refractivity contribution in [2.24, 2.45) is 0 Å². The van der Waals surface area contributed by atoms with E-state index in [1.807, 2.05) is 0 Å². The van der Waals surface area contributed by atoms with E-state index in [0.29, 0.717) is 0 Å². The molecule has 218 valence electrons. The van der Waals surface area contributed by atoms with Gasteiger partial charge in [0.25, 0.3) is 0 Å². The molecule has 0 N–H and O–H groups in total. The molecule has 0 heteroatoms. The Morgan fingerprint density at radius 1 is 0.243 bits per heavy atom. The average molecular weight is 515 g/mol. The Morgan fingerprint density at radius 2 is 0.514 bits per heavy atom. The van der Waals surface area contributed by atoms with Gasteiger partial charge in [-0.05, 0) is 38.5 Å². The molecule has 0 spiro atoms. The second-order valence-electron chi connectivity index (χ2n) is 10.8. The minimum atomic E-state index is 1.06. The molecule has 0 aliphatic rings. The van der Waals surface area contributed by atoms with E-state index in [4.69, 9.17) is 0 Å². The predicted molar refractivity (Wildman–Crippen MR) is 175 cm³/mol. The Morgan fingerprint density at radius 3 is 0.838 bits per heavy atom. The van der Waals surface area contributed by atoms with Gasteiger partial charge >= 0.3 is 0 Å². The van der Waals surface area contributed by atoms with Crippen LogP contribution in [0.15, 0.2) is 48.6 Å². The summed E-state index contributed by atoms with van der Waals surface area (Å²) >= 11 is 0. The van der Waals surface area contributed by atoms with Crippen LogP contribution in [-0.4, -0.2) is 0 Å². The third-order valence-electron chi connectivity index (χ3n) is 6.87. The molecule has 0 nitrogen and oxygen atoms in total. The lowest BCUT2D eigenvalue weighted by Crippen LogP contribution is -1.83. The molecule has 0 atom stereocenters. The van der Waals surface area contributed by atoms with Gasteiger partial charge in [0.1, 0.15) is 0 Å². The molecule has 37 heavy (non-hydrogen) atoms. The molecule has 0 saturated carbocycles. The van der Waals surface area contributed by atoms with E-state index in [1.54, 1.807) is 0 Å². The number of unbranched alkanes of at least 4 members (excludes halogenated alkanes) is 19. The summed E-state index contributed by atoms with van der Waals surface area (Å²) in [6.45, 7) is 9.05. The average Bonchev–Trinajstić information content (AvgIpc) is 2.91. The maximum Gasteiger partial charge on any atom is -0.0169 e. The van der Waals surface area contributed by atoms with E-state index in [-0.39, 0.29) is 0 Å². The van der Waals surface area contributed by atoms with Crippen LogP contribution < -0.4 is 0 Å². The highest BCUT2D eigenvalue weighted by molar-refractivity contribution is 4.99. The first-order valence-electron chi connectivity index (χ1n) is 16.9. The minimum Gasteiger partial charge on any atom is -0.0882 e. The molecule has 0 amide bonds. The van der Waals surface area contributed by atoms with Crippen LogP contribution in [0.25, 0.3) is 0 Å². The van der Waals surface area contributed by atoms with Gasteiger partial charge in [-0.3, -0.25) is 0 Å². The summed E-state index contributed by atoms with van der Waals surface area (Å²) in [6, 6.07) is 0. The largest absolute Gasteiger partial charge is 0.0882 e. The van der Waals surface area contributed by atoms with Crippen molar-refractivity contribution in [2.45, 2.75) is 188 Å². The molecule has 0 bridgehead atoms. The first kappa shape index (κ1) is 38.1. The molecular weight excluding hydrogens is 444 g/mol. The van der Waals surface area contributed by atoms with Gasteiger partial charge in [0.15, 0.2) is 0 Å². The standard InChI is InChI=1S/C19H32.C18H38/c1-3-5-7-9-11-13-15-17-19-18-16-14-12-10-8-6-4-2;1-3-5-7-9-11-13-15-17-18-16-14-12-10-8-6-4-2/h7,9,12-15,18-19H,3-6,8,10-11,16-17H2,1-2H3;3-18H2,1-2H3/b9-7-,14-12+,15-13+,19-18+;. The van der Waals surface area contributed by atoms with Crippen molar-refractivity contribution in [2.75, 3.05) is 0 Å². The third kappa shape index (κ3) is 42.3. The van der Waals surface area contributed by atoms with Gasteiger partial charge in [0.2, 0.25) is 0 Å². The second kappa shape index (κ2) is 39.5. The van der Waals surface area contributed by atoms with Gasteiger partial charge in [-0.1, -0.05) is 198 Å². The molecule has 0 aliphatic heterocycles. The monoisotopic (exact) mass is 515 g/mol. The lowest BCUT2D eigenvalue weighted by Gasteiger charge is -2.03. The van der Waals surface area contributed by atoms with Crippen molar-refractivity contribution < 1.29 is 0 Å². The molecule has 0 fully saturated rings. The van der Waals surface area contributed by atoms with Crippen molar-refractivity contribution >= 4 is 0 Å². The van der Waals surface area contributed by atoms with Crippen molar-refractivity contribution in [3.8, 4) is 0 Å². The SMILES string of the molecule is CCC/C=C\C/C=C/C/C=C/C/C=C/CCCCC.CCCCCCCCCCCCCCCCCC. The Bertz CT molecular complexity index is 462. The highest BCUT2D eigenvalue weighted by atomic mass is 14.0. The topological polar surface area (TPSA) is 0 Å². The number of hydrogen-bond acceptors (Lipinski definition) is 0. The van der Waals surface area contributed by atoms with E-state index in [9.17, 15) is 0 Å². The van der Waals surface area contributed by atoms with Crippen LogP contribution in [0.4, 0.5) is 0 Å². The summed E-state index contributed by atoms with van der Waals surface area (Å²) in [6.07, 6.45) is 52.5. The van der Waals surface area contributed by atoms with Crippen LogP contribution in [0.3, 0.4) is 0 Å². The molecule has 0 saturated heterocycles. The smallest absolute Gasteiger partial charge is 0.0169 e. The molecule has 0 rings (SSSR count). The molecule has 0 radical (unpaired) electrons. The maximum atomic E-state index is 2.31. The Labute approximate surface area is 236 Å². The fourth-order valence-electron chi connectivity index (χ4n) is 4.35. The van der Waals surface area contributed by atoms with Crippen LogP contribution in [0, 0.1) is 0 Å². The van der Waals surface area contributed by atoms with E-state index >= 15 is 0 Å². The van der Waals surface area contributed by atoms with Crippen molar-refractivity contribution in [1.82, 2.24) is 0 Å². The van der Waals surface area contributed by atoms with Crippen LogP contribution in [0.1, 0.15) is 188 Å². The summed E-state index contributed by atoms with van der Waals surface area (Å²) < 4.78 is 0. The minimum absolute atomic E-state index is 1.06. The Kier molecular flexibility index (Phi) is 40.7. The highest BCUT2D eigenvalue weighted by Gasteiger charge is 1.93. The maximum absolute atomic E-state index is 2.31. The van der Waals surface area contributed by atoms with E-state index in [2.05, 4.69) is 76.3 Å². The second-order valence-corrected chi connectivity index (χ2v) is 10.8. The summed E-state index contributed by atoms with van der Waals surface area (Å²) in [4.78, 5) is 0. The molecule has 0 heterocycles. The molecular formula is C37H70. The van der Waals surface area contributed by atoms with Gasteiger partial charge in [-0.2, -0.15) is 0 Å². The van der Waals surface area contributed by atoms with Gasteiger partial charge in [-0.25, -0.2) is 0 Å². The molecule has 0 aromatic carbocycles. The van der Waals surface area contributed by atoms with Crippen LogP contribution in [0.2, 0.25) is 0 Å². The molecule has 0 aliphatic carbocycles. The van der Waals surface area contributed by atoms with Crippen LogP contribution >= 0.6 is 0 Å². The van der Waals surface area contributed by atoms with E-state index < -0.39 is 0 Å². The molecule has 0 aromatic heterocycles. The van der Waals surface area contributed by atoms with Gasteiger partial charge < -0.3 is 0 Å². The summed E-state index contributed by atoms with van der Waals surface area (Å²) in [7, 11) is 0. The fourth-order valence-corrected chi connectivity index (χ4v) is 4.35. The molecule has 0 unspecified atom stereocenters. The normalized spacial score (nSPS) is 11.9. The van der Waals surface area contributed by atoms with Gasteiger partial charge in [-0.15, -0.1) is 0 Å². The fraction of sp³-hybridized carbons (Fsp3) is 0.784. The van der Waals surface area contributed by atoms with Gasteiger partial charge in [0.05, 0.1) is 0 Å². The molecule has 0 aromatic rings. The Hall–Kier alpha value is -1.04. The summed E-state index contributed by atoms with van der Waals surface area (Å²) in [5.41, 5.74) is 0. The summed E-state index contributed by atoms with van der Waals surface area (Å²) in [5.74, 6) is 0. The van der Waals surface area contributed by atoms with E-state index in [1.165, 1.54) is 141 Å². The lowest BCUT2D eigenvalue weighted by molar-refractivity contribution is 0.531.